The van der Waals surface area contributed by atoms with E-state index in [1.165, 1.54) is 0 Å². The van der Waals surface area contributed by atoms with Gasteiger partial charge in [0.2, 0.25) is 0 Å². The Kier molecular flexibility index (Phi) is 1.70. The van der Waals surface area contributed by atoms with E-state index in [0.29, 0.717) is 0 Å². The van der Waals surface area contributed by atoms with Crippen LogP contribution in [-0.2, 0) is 0 Å². The van der Waals surface area contributed by atoms with Crippen LogP contribution in [-0.4, -0.2) is 0 Å². The molecule has 0 saturated carbocycles. The zero-order valence-corrected chi connectivity index (χ0v) is 5.87. The van der Waals surface area contributed by atoms with Gasteiger partial charge in [-0.2, -0.15) is 0 Å². The standard InChI is InChI=1S/C8H11F/c1-3-7-4-6(2)5-8(7)9/h5H,3-4H2,1-2H3. The molecule has 0 aromatic rings. The second-order valence-electron chi connectivity index (χ2n) is 2.47. The van der Waals surface area contributed by atoms with Crippen molar-refractivity contribution >= 4 is 0 Å². The molecule has 0 spiro atoms. The zero-order chi connectivity index (χ0) is 6.85. The van der Waals surface area contributed by atoms with Crippen LogP contribution in [0, 0.1) is 0 Å². The molecule has 0 N–H and O–H groups in total. The van der Waals surface area contributed by atoms with Crippen LogP contribution in [0.15, 0.2) is 23.0 Å². The molecule has 1 aliphatic rings. The number of allylic oxidation sites excluding steroid dienone is 4. The average molecular weight is 126 g/mol. The molecule has 0 aromatic heterocycles. The first kappa shape index (κ1) is 6.53. The molecule has 0 nitrogen and oxygen atoms in total. The van der Waals surface area contributed by atoms with Gasteiger partial charge in [-0.15, -0.1) is 0 Å². The van der Waals surface area contributed by atoms with Crippen molar-refractivity contribution in [1.82, 2.24) is 0 Å². The third-order valence-electron chi connectivity index (χ3n) is 1.63. The molecular formula is C8H11F. The Bertz CT molecular complexity index is 175. The van der Waals surface area contributed by atoms with Gasteiger partial charge in [0.1, 0.15) is 5.83 Å². The Morgan fingerprint density at radius 2 is 2.33 bits per heavy atom. The van der Waals surface area contributed by atoms with Gasteiger partial charge in [-0.25, -0.2) is 4.39 Å². The van der Waals surface area contributed by atoms with E-state index < -0.39 is 0 Å². The molecule has 0 atom stereocenters. The summed E-state index contributed by atoms with van der Waals surface area (Å²) in [5.74, 6) is -0.00463. The smallest absolute Gasteiger partial charge is 0.122 e. The fourth-order valence-corrected chi connectivity index (χ4v) is 1.08. The molecule has 0 radical (unpaired) electrons. The van der Waals surface area contributed by atoms with E-state index >= 15 is 0 Å². The lowest BCUT2D eigenvalue weighted by molar-refractivity contribution is 0.652. The van der Waals surface area contributed by atoms with E-state index in [-0.39, 0.29) is 5.83 Å². The van der Waals surface area contributed by atoms with E-state index in [4.69, 9.17) is 0 Å². The van der Waals surface area contributed by atoms with Gasteiger partial charge in [0.05, 0.1) is 0 Å². The van der Waals surface area contributed by atoms with Gasteiger partial charge >= 0.3 is 0 Å². The molecule has 0 saturated heterocycles. The predicted octanol–water partition coefficient (Wildman–Crippen LogP) is 2.97. The van der Waals surface area contributed by atoms with E-state index in [1.807, 2.05) is 13.8 Å². The van der Waals surface area contributed by atoms with Gasteiger partial charge < -0.3 is 0 Å². The van der Waals surface area contributed by atoms with Crippen molar-refractivity contribution in [3.63, 3.8) is 0 Å². The van der Waals surface area contributed by atoms with Gasteiger partial charge in [0.15, 0.2) is 0 Å². The number of hydrogen-bond donors (Lipinski definition) is 0. The predicted molar refractivity (Wildman–Crippen MR) is 36.8 cm³/mol. The second-order valence-corrected chi connectivity index (χ2v) is 2.47. The van der Waals surface area contributed by atoms with Crippen LogP contribution < -0.4 is 0 Å². The minimum absolute atomic E-state index is 0.00463. The number of halogens is 1. The topological polar surface area (TPSA) is 0 Å². The van der Waals surface area contributed by atoms with Crippen molar-refractivity contribution in [3.8, 4) is 0 Å². The summed E-state index contributed by atoms with van der Waals surface area (Å²) in [5.41, 5.74) is 2.09. The molecule has 0 aromatic carbocycles. The van der Waals surface area contributed by atoms with E-state index in [2.05, 4.69) is 0 Å². The molecule has 50 valence electrons. The maximum atomic E-state index is 12.6. The highest BCUT2D eigenvalue weighted by molar-refractivity contribution is 5.33. The highest BCUT2D eigenvalue weighted by Gasteiger charge is 2.09. The summed E-state index contributed by atoms with van der Waals surface area (Å²) in [6.07, 6.45) is 3.32. The monoisotopic (exact) mass is 126 g/mol. The minimum Gasteiger partial charge on any atom is -0.207 e. The third-order valence-corrected chi connectivity index (χ3v) is 1.63. The molecule has 1 heteroatoms. The normalized spacial score (nSPS) is 18.8. The zero-order valence-electron chi connectivity index (χ0n) is 5.87. The lowest BCUT2D eigenvalue weighted by Crippen LogP contribution is -1.76. The Morgan fingerprint density at radius 3 is 2.56 bits per heavy atom. The van der Waals surface area contributed by atoms with Crippen LogP contribution in [0.2, 0.25) is 0 Å². The summed E-state index contributed by atoms with van der Waals surface area (Å²) >= 11 is 0. The fraction of sp³-hybridized carbons (Fsp3) is 0.500. The van der Waals surface area contributed by atoms with Crippen LogP contribution in [0.3, 0.4) is 0 Å². The molecule has 9 heavy (non-hydrogen) atoms. The van der Waals surface area contributed by atoms with Gasteiger partial charge in [-0.3, -0.25) is 0 Å². The van der Waals surface area contributed by atoms with Crippen LogP contribution in [0.4, 0.5) is 4.39 Å². The minimum atomic E-state index is -0.00463. The third kappa shape index (κ3) is 1.21. The van der Waals surface area contributed by atoms with Crippen LogP contribution in [0.5, 0.6) is 0 Å². The summed E-state index contributed by atoms with van der Waals surface area (Å²) in [6, 6.07) is 0. The Balaban J connectivity index is 2.72. The maximum absolute atomic E-state index is 12.6. The van der Waals surface area contributed by atoms with Gasteiger partial charge in [0.25, 0.3) is 0 Å². The molecule has 0 heterocycles. The Hall–Kier alpha value is -0.590. The van der Waals surface area contributed by atoms with Crippen molar-refractivity contribution in [3.05, 3.63) is 23.0 Å². The molecule has 1 aliphatic carbocycles. The first-order chi connectivity index (χ1) is 4.24. The van der Waals surface area contributed by atoms with Gasteiger partial charge in [0, 0.05) is 0 Å². The van der Waals surface area contributed by atoms with E-state index in [1.54, 1.807) is 6.08 Å². The maximum Gasteiger partial charge on any atom is 0.122 e. The molecule has 0 aliphatic heterocycles. The molecule has 0 bridgehead atoms. The Morgan fingerprint density at radius 1 is 1.67 bits per heavy atom. The summed E-state index contributed by atoms with van der Waals surface area (Å²) in [6.45, 7) is 3.95. The Labute approximate surface area is 55.1 Å². The van der Waals surface area contributed by atoms with E-state index in [0.717, 1.165) is 24.0 Å². The number of hydrogen-bond acceptors (Lipinski definition) is 0. The molecule has 0 unspecified atom stereocenters. The summed E-state index contributed by atoms with van der Waals surface area (Å²) in [7, 11) is 0. The number of rotatable bonds is 1. The lowest BCUT2D eigenvalue weighted by atomic mass is 10.1. The van der Waals surface area contributed by atoms with Crippen molar-refractivity contribution in [2.75, 3.05) is 0 Å². The average Bonchev–Trinajstić information content (AvgIpc) is 2.10. The van der Waals surface area contributed by atoms with Gasteiger partial charge in [-0.1, -0.05) is 12.5 Å². The van der Waals surface area contributed by atoms with Crippen LogP contribution in [0.1, 0.15) is 26.7 Å². The highest BCUT2D eigenvalue weighted by atomic mass is 19.1. The van der Waals surface area contributed by atoms with Crippen molar-refractivity contribution in [1.29, 1.82) is 0 Å². The quantitative estimate of drug-likeness (QED) is 0.506. The highest BCUT2D eigenvalue weighted by Crippen LogP contribution is 2.27. The molecule has 0 amide bonds. The fourth-order valence-electron chi connectivity index (χ4n) is 1.08. The first-order valence-corrected chi connectivity index (χ1v) is 3.28. The first-order valence-electron chi connectivity index (χ1n) is 3.28. The summed E-state index contributed by atoms with van der Waals surface area (Å²) in [5, 5.41) is 0. The summed E-state index contributed by atoms with van der Waals surface area (Å²) < 4.78 is 12.6. The van der Waals surface area contributed by atoms with Gasteiger partial charge in [-0.05, 0) is 31.4 Å². The van der Waals surface area contributed by atoms with Crippen molar-refractivity contribution in [2.24, 2.45) is 0 Å². The van der Waals surface area contributed by atoms with Crippen molar-refractivity contribution < 1.29 is 4.39 Å². The lowest BCUT2D eigenvalue weighted by Gasteiger charge is -1.94. The van der Waals surface area contributed by atoms with Crippen LogP contribution in [0.25, 0.3) is 0 Å². The summed E-state index contributed by atoms with van der Waals surface area (Å²) in [4.78, 5) is 0. The van der Waals surface area contributed by atoms with Crippen LogP contribution >= 0.6 is 0 Å². The SMILES string of the molecule is CCC1=C(F)C=C(C)C1. The van der Waals surface area contributed by atoms with Crippen molar-refractivity contribution in [2.45, 2.75) is 26.7 Å². The largest absolute Gasteiger partial charge is 0.207 e. The second kappa shape index (κ2) is 2.34. The van der Waals surface area contributed by atoms with E-state index in [9.17, 15) is 4.39 Å². The molecule has 1 rings (SSSR count). The molecular weight excluding hydrogens is 115 g/mol. The molecule has 0 fully saturated rings.